The third-order valence-corrected chi connectivity index (χ3v) is 7.14. The fourth-order valence-electron chi connectivity index (χ4n) is 6.37. The molecule has 0 unspecified atom stereocenters. The summed E-state index contributed by atoms with van der Waals surface area (Å²) in [6, 6.07) is 4.38. The van der Waals surface area contributed by atoms with E-state index < -0.39 is 0 Å². The molecule has 3 nitrogen and oxygen atoms in total. The van der Waals surface area contributed by atoms with Crippen LogP contribution in [0.5, 0.6) is 0 Å². The van der Waals surface area contributed by atoms with Crippen LogP contribution in [0.15, 0.2) is 24.5 Å². The first-order valence-electron chi connectivity index (χ1n) is 10.4. The van der Waals surface area contributed by atoms with Crippen molar-refractivity contribution in [2.45, 2.75) is 83.2 Å². The maximum atomic E-state index is 12.7. The highest BCUT2D eigenvalue weighted by Crippen LogP contribution is 2.55. The molecular weight excluding hydrogens is 308 g/mol. The van der Waals surface area contributed by atoms with E-state index in [4.69, 9.17) is 0 Å². The number of rotatable bonds is 6. The average Bonchev–Trinajstić information content (AvgIpc) is 2.55. The highest BCUT2D eigenvalue weighted by molar-refractivity contribution is 5.75. The summed E-state index contributed by atoms with van der Waals surface area (Å²) in [6.45, 7) is 4.94. The van der Waals surface area contributed by atoms with Gasteiger partial charge in [-0.25, -0.2) is 0 Å². The second kappa shape index (κ2) is 6.74. The van der Waals surface area contributed by atoms with Gasteiger partial charge in [-0.15, -0.1) is 0 Å². The number of nitrogens with one attached hydrogen (secondary N) is 1. The Hall–Kier alpha value is -1.38. The molecule has 0 spiro atoms. The second-order valence-corrected chi connectivity index (χ2v) is 9.06. The van der Waals surface area contributed by atoms with E-state index in [1.807, 2.05) is 4.57 Å². The molecule has 0 saturated heterocycles. The van der Waals surface area contributed by atoms with Crippen LogP contribution in [0.25, 0.3) is 0 Å². The zero-order valence-electron chi connectivity index (χ0n) is 15.8. The van der Waals surface area contributed by atoms with Gasteiger partial charge in [0.2, 0.25) is 6.54 Å². The molecule has 4 saturated carbocycles. The molecule has 0 aromatic carbocycles. The van der Waals surface area contributed by atoms with Gasteiger partial charge in [0.25, 0.3) is 5.91 Å². The summed E-state index contributed by atoms with van der Waals surface area (Å²) in [5.41, 5.74) is 1.52. The lowest BCUT2D eigenvalue weighted by Gasteiger charge is -2.56. The Morgan fingerprint density at radius 2 is 1.60 bits per heavy atom. The third kappa shape index (κ3) is 3.47. The minimum absolute atomic E-state index is 0.127. The minimum Gasteiger partial charge on any atom is -0.345 e. The van der Waals surface area contributed by atoms with Crippen molar-refractivity contribution in [2.75, 3.05) is 0 Å². The Kier molecular flexibility index (Phi) is 4.59. The van der Waals surface area contributed by atoms with Crippen LogP contribution >= 0.6 is 0 Å². The average molecular weight is 342 g/mol. The predicted octanol–water partition coefficient (Wildman–Crippen LogP) is 3.96. The molecule has 1 amide bonds. The number of amides is 1. The Balaban J connectivity index is 1.38. The van der Waals surface area contributed by atoms with Crippen molar-refractivity contribution < 1.29 is 9.36 Å². The number of carbonyl (C=O) groups is 1. The Morgan fingerprint density at radius 1 is 1.08 bits per heavy atom. The van der Waals surface area contributed by atoms with Gasteiger partial charge in [0.1, 0.15) is 0 Å². The first-order chi connectivity index (χ1) is 12.1. The molecule has 0 atom stereocenters. The van der Waals surface area contributed by atoms with Gasteiger partial charge in [0, 0.05) is 17.7 Å². The van der Waals surface area contributed by atoms with Crippen molar-refractivity contribution >= 4 is 5.91 Å². The zero-order chi connectivity index (χ0) is 17.4. The molecule has 25 heavy (non-hydrogen) atoms. The molecule has 3 heteroatoms. The summed E-state index contributed by atoms with van der Waals surface area (Å²) in [5.74, 6) is 3.45. The lowest BCUT2D eigenvalue weighted by Crippen LogP contribution is -2.61. The van der Waals surface area contributed by atoms with E-state index in [1.165, 1.54) is 56.9 Å². The van der Waals surface area contributed by atoms with E-state index >= 15 is 0 Å². The summed E-state index contributed by atoms with van der Waals surface area (Å²) >= 11 is 0. The molecule has 1 aromatic heterocycles. The lowest BCUT2D eigenvalue weighted by molar-refractivity contribution is -0.684. The van der Waals surface area contributed by atoms with Crippen LogP contribution in [-0.4, -0.2) is 11.4 Å². The van der Waals surface area contributed by atoms with Gasteiger partial charge in [-0.05, 0) is 80.6 Å². The zero-order valence-corrected chi connectivity index (χ0v) is 15.8. The van der Waals surface area contributed by atoms with E-state index in [1.54, 1.807) is 0 Å². The first-order valence-corrected chi connectivity index (χ1v) is 10.4. The van der Waals surface area contributed by atoms with Gasteiger partial charge in [-0.1, -0.05) is 13.8 Å². The Bertz CT molecular complexity index is 582. The molecule has 4 aliphatic carbocycles. The lowest BCUT2D eigenvalue weighted by atomic mass is 9.53. The fourth-order valence-corrected chi connectivity index (χ4v) is 6.37. The number of hydrogen-bond donors (Lipinski definition) is 1. The topological polar surface area (TPSA) is 33.0 Å². The molecule has 0 aliphatic heterocycles. The molecule has 5 rings (SSSR count). The number of aromatic nitrogens is 1. The highest BCUT2D eigenvalue weighted by Gasteiger charge is 2.51. The van der Waals surface area contributed by atoms with Crippen molar-refractivity contribution in [2.24, 2.45) is 17.8 Å². The largest absolute Gasteiger partial charge is 0.345 e. The first kappa shape index (κ1) is 17.1. The molecule has 4 bridgehead atoms. The van der Waals surface area contributed by atoms with Crippen LogP contribution in [0.4, 0.5) is 0 Å². The third-order valence-electron chi connectivity index (χ3n) is 7.14. The summed E-state index contributed by atoms with van der Waals surface area (Å²) in [5, 5.41) is 3.47. The van der Waals surface area contributed by atoms with E-state index in [-0.39, 0.29) is 11.4 Å². The van der Waals surface area contributed by atoms with Gasteiger partial charge in [-0.2, -0.15) is 4.57 Å². The molecule has 1 N–H and O–H groups in total. The highest BCUT2D eigenvalue weighted by atomic mass is 16.2. The van der Waals surface area contributed by atoms with Gasteiger partial charge in [-0.3, -0.25) is 4.79 Å². The van der Waals surface area contributed by atoms with Crippen LogP contribution in [0.3, 0.4) is 0 Å². The molecule has 0 radical (unpaired) electrons. The van der Waals surface area contributed by atoms with Gasteiger partial charge in [0.05, 0.1) is 0 Å². The monoisotopic (exact) mass is 341 g/mol. The number of hydrogen-bond acceptors (Lipinski definition) is 1. The standard InChI is InChI=1S/C22H32N2O/c1-3-19(4-2)20-5-7-24(8-6-20)15-21(25)23-22-12-16-9-17(13-22)11-18(10-16)14-22/h5-8,16-19H,3-4,9-15H2,1-2H3/p+1. The smallest absolute Gasteiger partial charge is 0.286 e. The maximum absolute atomic E-state index is 12.7. The van der Waals surface area contributed by atoms with E-state index in [2.05, 4.69) is 43.7 Å². The SMILES string of the molecule is CCC(CC)c1cc[n+](CC(=O)NC23CC4CC(CC(C4)C2)C3)cc1. The minimum atomic E-state index is 0.127. The number of carbonyl (C=O) groups excluding carboxylic acids is 1. The van der Waals surface area contributed by atoms with Crippen LogP contribution in [0.2, 0.25) is 0 Å². The number of pyridine rings is 1. The maximum Gasteiger partial charge on any atom is 0.286 e. The van der Waals surface area contributed by atoms with E-state index in [9.17, 15) is 4.79 Å². The molecule has 1 aromatic rings. The normalized spacial score (nSPS) is 33.0. The molecule has 136 valence electrons. The summed E-state index contributed by atoms with van der Waals surface area (Å²) < 4.78 is 2.03. The number of nitrogens with zero attached hydrogens (tertiary/aromatic N) is 1. The molecule has 4 aliphatic rings. The Morgan fingerprint density at radius 3 is 2.08 bits per heavy atom. The van der Waals surface area contributed by atoms with Crippen molar-refractivity contribution in [3.63, 3.8) is 0 Å². The summed E-state index contributed by atoms with van der Waals surface area (Å²) in [7, 11) is 0. The molecule has 4 fully saturated rings. The van der Waals surface area contributed by atoms with E-state index in [0.29, 0.717) is 12.5 Å². The quantitative estimate of drug-likeness (QED) is 0.781. The predicted molar refractivity (Wildman–Crippen MR) is 99.0 cm³/mol. The molecule has 1 heterocycles. The second-order valence-electron chi connectivity index (χ2n) is 9.06. The van der Waals surface area contributed by atoms with Crippen molar-refractivity contribution in [1.29, 1.82) is 0 Å². The summed E-state index contributed by atoms with van der Waals surface area (Å²) in [6.07, 6.45) is 14.4. The summed E-state index contributed by atoms with van der Waals surface area (Å²) in [4.78, 5) is 12.7. The Labute approximate surface area is 152 Å². The van der Waals surface area contributed by atoms with Gasteiger partial charge >= 0.3 is 0 Å². The van der Waals surface area contributed by atoms with Crippen LogP contribution in [-0.2, 0) is 11.3 Å². The van der Waals surface area contributed by atoms with E-state index in [0.717, 1.165) is 17.8 Å². The van der Waals surface area contributed by atoms with Crippen molar-refractivity contribution in [1.82, 2.24) is 5.32 Å². The fraction of sp³-hybridized carbons (Fsp3) is 0.727. The van der Waals surface area contributed by atoms with Gasteiger partial charge in [0.15, 0.2) is 12.4 Å². The molecular formula is C22H33N2O+. The van der Waals surface area contributed by atoms with Crippen LogP contribution < -0.4 is 9.88 Å². The van der Waals surface area contributed by atoms with Crippen LogP contribution in [0.1, 0.15) is 76.7 Å². The van der Waals surface area contributed by atoms with Crippen molar-refractivity contribution in [3.05, 3.63) is 30.1 Å². The van der Waals surface area contributed by atoms with Crippen LogP contribution in [0, 0.1) is 17.8 Å². The van der Waals surface area contributed by atoms with Gasteiger partial charge < -0.3 is 5.32 Å². The van der Waals surface area contributed by atoms with Crippen molar-refractivity contribution in [3.8, 4) is 0 Å².